The molecule has 1 aliphatic carbocycles. The predicted molar refractivity (Wildman–Crippen MR) is 94.3 cm³/mol. The van der Waals surface area contributed by atoms with Crippen LogP contribution in [0.2, 0.25) is 10.0 Å². The summed E-state index contributed by atoms with van der Waals surface area (Å²) in [6, 6.07) is 4.82. The highest BCUT2D eigenvalue weighted by molar-refractivity contribution is 6.42. The van der Waals surface area contributed by atoms with E-state index in [1.807, 2.05) is 13.8 Å². The smallest absolute Gasteiger partial charge is 0.291 e. The first-order valence-corrected chi connectivity index (χ1v) is 8.35. The fourth-order valence-electron chi connectivity index (χ4n) is 3.06. The summed E-state index contributed by atoms with van der Waals surface area (Å²) in [6.07, 6.45) is 1.09. The average molecular weight is 366 g/mol. The molecule has 1 aromatic carbocycles. The molecule has 0 spiro atoms. The lowest BCUT2D eigenvalue weighted by molar-refractivity contribution is 0.0898. The van der Waals surface area contributed by atoms with Gasteiger partial charge in [0.2, 0.25) is 0 Å². The van der Waals surface area contributed by atoms with Crippen LogP contribution in [0.4, 0.5) is 5.69 Å². The summed E-state index contributed by atoms with van der Waals surface area (Å²) in [5, 5.41) is 3.48. The van der Waals surface area contributed by atoms with Crippen molar-refractivity contribution in [1.29, 1.82) is 0 Å². The lowest BCUT2D eigenvalue weighted by atomic mass is 9.76. The van der Waals surface area contributed by atoms with Crippen LogP contribution in [-0.4, -0.2) is 11.7 Å². The van der Waals surface area contributed by atoms with Crippen molar-refractivity contribution in [2.75, 3.05) is 5.32 Å². The standard InChI is InChI=1S/C18H17Cl2NO3/c1-9-15-13(22)7-18(2,3)8-14(15)24-16(9)17(23)21-10-4-5-11(19)12(20)6-10/h4-6H,7-8H2,1-3H3,(H,21,23). The molecule has 0 atom stereocenters. The van der Waals surface area contributed by atoms with Crippen LogP contribution in [0.3, 0.4) is 0 Å². The molecule has 1 aromatic heterocycles. The van der Waals surface area contributed by atoms with Gasteiger partial charge in [0.25, 0.3) is 5.91 Å². The summed E-state index contributed by atoms with van der Waals surface area (Å²) in [6.45, 7) is 5.77. The first-order valence-electron chi connectivity index (χ1n) is 7.60. The minimum Gasteiger partial charge on any atom is -0.455 e. The minimum absolute atomic E-state index is 0.0242. The second kappa shape index (κ2) is 5.94. The maximum atomic E-state index is 12.5. The topological polar surface area (TPSA) is 59.3 Å². The van der Waals surface area contributed by atoms with Crippen LogP contribution in [0.1, 0.15) is 52.5 Å². The molecule has 0 unspecified atom stereocenters. The molecule has 1 N–H and O–H groups in total. The molecule has 1 heterocycles. The van der Waals surface area contributed by atoms with Crippen molar-refractivity contribution in [2.45, 2.75) is 33.6 Å². The number of hydrogen-bond acceptors (Lipinski definition) is 3. The number of amides is 1. The average Bonchev–Trinajstić information content (AvgIpc) is 2.78. The second-order valence-corrected chi connectivity index (χ2v) is 7.69. The number of Topliss-reactive ketones (excluding diaryl/α,β-unsaturated/α-hetero) is 1. The number of anilines is 1. The van der Waals surface area contributed by atoms with Crippen LogP contribution in [-0.2, 0) is 6.42 Å². The zero-order valence-corrected chi connectivity index (χ0v) is 15.1. The minimum atomic E-state index is -0.411. The Morgan fingerprint density at radius 2 is 1.92 bits per heavy atom. The maximum Gasteiger partial charge on any atom is 0.291 e. The molecular weight excluding hydrogens is 349 g/mol. The first kappa shape index (κ1) is 17.1. The fraction of sp³-hybridized carbons (Fsp3) is 0.333. The van der Waals surface area contributed by atoms with Crippen LogP contribution in [0.15, 0.2) is 22.6 Å². The molecule has 0 bridgehead atoms. The van der Waals surface area contributed by atoms with Crippen LogP contribution in [0.25, 0.3) is 0 Å². The zero-order chi connectivity index (χ0) is 17.6. The van der Waals surface area contributed by atoms with Crippen LogP contribution >= 0.6 is 23.2 Å². The van der Waals surface area contributed by atoms with Gasteiger partial charge in [-0.1, -0.05) is 37.0 Å². The Bertz CT molecular complexity index is 852. The molecule has 1 amide bonds. The van der Waals surface area contributed by atoms with E-state index in [0.717, 1.165) is 0 Å². The largest absolute Gasteiger partial charge is 0.455 e. The highest BCUT2D eigenvalue weighted by Gasteiger charge is 2.37. The van der Waals surface area contributed by atoms with Gasteiger partial charge in [-0.05, 0) is 30.5 Å². The molecule has 0 aliphatic heterocycles. The SMILES string of the molecule is Cc1c(C(=O)Nc2ccc(Cl)c(Cl)c2)oc2c1C(=O)CC(C)(C)C2. The number of carbonyl (C=O) groups is 2. The van der Waals surface area contributed by atoms with Crippen molar-refractivity contribution in [3.8, 4) is 0 Å². The van der Waals surface area contributed by atoms with Gasteiger partial charge in [0.05, 0.1) is 15.6 Å². The van der Waals surface area contributed by atoms with Crippen molar-refractivity contribution in [1.82, 2.24) is 0 Å². The Kier molecular flexibility index (Phi) is 4.22. The Morgan fingerprint density at radius 1 is 1.21 bits per heavy atom. The molecule has 1 aliphatic rings. The van der Waals surface area contributed by atoms with Crippen molar-refractivity contribution < 1.29 is 14.0 Å². The third kappa shape index (κ3) is 3.08. The number of carbonyl (C=O) groups excluding carboxylic acids is 2. The van der Waals surface area contributed by atoms with E-state index in [9.17, 15) is 9.59 Å². The molecule has 2 aromatic rings. The van der Waals surface area contributed by atoms with E-state index in [0.29, 0.717) is 45.5 Å². The summed E-state index contributed by atoms with van der Waals surface area (Å²) in [5.41, 5.74) is 1.48. The van der Waals surface area contributed by atoms with Gasteiger partial charge < -0.3 is 9.73 Å². The van der Waals surface area contributed by atoms with Crippen molar-refractivity contribution in [3.05, 3.63) is 50.9 Å². The monoisotopic (exact) mass is 365 g/mol. The van der Waals surface area contributed by atoms with Gasteiger partial charge in [-0.15, -0.1) is 0 Å². The number of nitrogens with one attached hydrogen (secondary N) is 1. The Morgan fingerprint density at radius 3 is 2.58 bits per heavy atom. The van der Waals surface area contributed by atoms with E-state index in [2.05, 4.69) is 5.32 Å². The molecule has 6 heteroatoms. The van der Waals surface area contributed by atoms with E-state index >= 15 is 0 Å². The molecule has 126 valence electrons. The molecule has 24 heavy (non-hydrogen) atoms. The number of hydrogen-bond donors (Lipinski definition) is 1. The van der Waals surface area contributed by atoms with Crippen molar-refractivity contribution >= 4 is 40.6 Å². The number of rotatable bonds is 2. The summed E-state index contributed by atoms with van der Waals surface area (Å²) in [4.78, 5) is 24.9. The lowest BCUT2D eigenvalue weighted by Gasteiger charge is -2.27. The van der Waals surface area contributed by atoms with Crippen molar-refractivity contribution in [3.63, 3.8) is 0 Å². The number of fused-ring (bicyclic) bond motifs is 1. The summed E-state index contributed by atoms with van der Waals surface area (Å²) < 4.78 is 5.74. The third-order valence-electron chi connectivity index (χ3n) is 4.16. The molecule has 0 saturated carbocycles. The Labute approximate surface area is 150 Å². The highest BCUT2D eigenvalue weighted by Crippen LogP contribution is 2.38. The number of ketones is 1. The number of benzene rings is 1. The normalized spacial score (nSPS) is 16.0. The third-order valence-corrected chi connectivity index (χ3v) is 4.90. The fourth-order valence-corrected chi connectivity index (χ4v) is 3.36. The quantitative estimate of drug-likeness (QED) is 0.784. The van der Waals surface area contributed by atoms with Gasteiger partial charge in [-0.2, -0.15) is 0 Å². The van der Waals surface area contributed by atoms with E-state index in [4.69, 9.17) is 27.6 Å². The molecule has 4 nitrogen and oxygen atoms in total. The van der Waals surface area contributed by atoms with Crippen LogP contribution < -0.4 is 5.32 Å². The van der Waals surface area contributed by atoms with E-state index in [1.54, 1.807) is 25.1 Å². The Hall–Kier alpha value is -1.78. The van der Waals surface area contributed by atoms with Crippen LogP contribution in [0.5, 0.6) is 0 Å². The molecule has 0 fully saturated rings. The summed E-state index contributed by atoms with van der Waals surface area (Å²) in [7, 11) is 0. The summed E-state index contributed by atoms with van der Waals surface area (Å²) >= 11 is 11.8. The van der Waals surface area contributed by atoms with E-state index in [1.165, 1.54) is 0 Å². The van der Waals surface area contributed by atoms with Gasteiger partial charge in [0.1, 0.15) is 5.76 Å². The predicted octanol–water partition coefficient (Wildman–Crippen LogP) is 5.30. The molecule has 3 rings (SSSR count). The lowest BCUT2D eigenvalue weighted by Crippen LogP contribution is -2.26. The van der Waals surface area contributed by atoms with Gasteiger partial charge in [-0.25, -0.2) is 0 Å². The first-order chi connectivity index (χ1) is 11.2. The highest BCUT2D eigenvalue weighted by atomic mass is 35.5. The second-order valence-electron chi connectivity index (χ2n) is 6.88. The maximum absolute atomic E-state index is 12.5. The van der Waals surface area contributed by atoms with Gasteiger partial charge >= 0.3 is 0 Å². The molecule has 0 saturated heterocycles. The van der Waals surface area contributed by atoms with E-state index in [-0.39, 0.29) is 17.0 Å². The Balaban J connectivity index is 1.91. The summed E-state index contributed by atoms with van der Waals surface area (Å²) in [5.74, 6) is 0.368. The number of furan rings is 1. The zero-order valence-electron chi connectivity index (χ0n) is 13.6. The van der Waals surface area contributed by atoms with Crippen molar-refractivity contribution in [2.24, 2.45) is 5.41 Å². The number of halogens is 2. The van der Waals surface area contributed by atoms with Gasteiger partial charge in [0, 0.05) is 24.1 Å². The van der Waals surface area contributed by atoms with Crippen LogP contribution in [0, 0.1) is 12.3 Å². The van der Waals surface area contributed by atoms with Gasteiger partial charge in [0.15, 0.2) is 11.5 Å². The molecular formula is C18H17Cl2NO3. The van der Waals surface area contributed by atoms with Gasteiger partial charge in [-0.3, -0.25) is 9.59 Å². The molecule has 0 radical (unpaired) electrons. The van der Waals surface area contributed by atoms with E-state index < -0.39 is 5.91 Å².